The Morgan fingerprint density at radius 2 is 2.00 bits per heavy atom. The van der Waals surface area contributed by atoms with Gasteiger partial charge in [0, 0.05) is 0 Å². The van der Waals surface area contributed by atoms with Crippen molar-refractivity contribution in [1.82, 2.24) is 5.32 Å². The van der Waals surface area contributed by atoms with Gasteiger partial charge in [-0.1, -0.05) is 26.8 Å². The molecule has 1 amide bonds. The number of ether oxygens (including phenoxy) is 2. The van der Waals surface area contributed by atoms with Crippen molar-refractivity contribution in [2.24, 2.45) is 5.41 Å². The minimum atomic E-state index is -1.08. The first-order valence-electron chi connectivity index (χ1n) is 7.18. The number of nitrogens with one attached hydrogen (secondary N) is 1. The van der Waals surface area contributed by atoms with Crippen molar-refractivity contribution in [1.29, 1.82) is 0 Å². The van der Waals surface area contributed by atoms with Gasteiger partial charge in [0.15, 0.2) is 0 Å². The Labute approximate surface area is 125 Å². The van der Waals surface area contributed by atoms with Gasteiger partial charge >= 0.3 is 12.1 Å². The summed E-state index contributed by atoms with van der Waals surface area (Å²) in [7, 11) is 0. The van der Waals surface area contributed by atoms with Gasteiger partial charge in [-0.15, -0.1) is 6.58 Å². The molecule has 0 bridgehead atoms. The molecular formula is C15H25NO5. The summed E-state index contributed by atoms with van der Waals surface area (Å²) in [5.74, 6) is -1.08. The first kappa shape index (κ1) is 17.5. The van der Waals surface area contributed by atoms with Crippen LogP contribution in [0.4, 0.5) is 4.79 Å². The summed E-state index contributed by atoms with van der Waals surface area (Å²) in [5, 5.41) is 11.6. The predicted molar refractivity (Wildman–Crippen MR) is 78.1 cm³/mol. The summed E-state index contributed by atoms with van der Waals surface area (Å²) >= 11 is 0. The summed E-state index contributed by atoms with van der Waals surface area (Å²) in [4.78, 5) is 23.1. The molecule has 6 heteroatoms. The molecule has 0 aromatic carbocycles. The van der Waals surface area contributed by atoms with Crippen molar-refractivity contribution in [3.05, 3.63) is 12.7 Å². The van der Waals surface area contributed by atoms with E-state index in [1.54, 1.807) is 26.8 Å². The van der Waals surface area contributed by atoms with Gasteiger partial charge in [-0.2, -0.15) is 0 Å². The molecule has 1 saturated carbocycles. The van der Waals surface area contributed by atoms with E-state index < -0.39 is 23.5 Å². The smallest absolute Gasteiger partial charge is 0.408 e. The van der Waals surface area contributed by atoms with Crippen LogP contribution < -0.4 is 5.32 Å². The highest BCUT2D eigenvalue weighted by atomic mass is 16.6. The molecule has 1 aliphatic rings. The zero-order valence-corrected chi connectivity index (χ0v) is 12.9. The van der Waals surface area contributed by atoms with Crippen LogP contribution in [0.25, 0.3) is 0 Å². The second-order valence-corrected chi connectivity index (χ2v) is 6.32. The highest BCUT2D eigenvalue weighted by Gasteiger charge is 2.36. The number of carbonyl (C=O) groups is 2. The lowest BCUT2D eigenvalue weighted by atomic mass is 9.87. The monoisotopic (exact) mass is 299 g/mol. The quantitative estimate of drug-likeness (QED) is 0.735. The van der Waals surface area contributed by atoms with Crippen LogP contribution in [0.3, 0.4) is 0 Å². The number of carbonyl (C=O) groups excluding carboxylic acids is 1. The molecule has 0 saturated heterocycles. The molecule has 120 valence electrons. The minimum absolute atomic E-state index is 0.147. The predicted octanol–water partition coefficient (Wildman–Crippen LogP) is 2.34. The number of hydrogen-bond donors (Lipinski definition) is 2. The SMILES string of the molecule is C=CCO[C@@H]1CCC[C@H]1OC(=O)N[C@H](C(=O)O)C(C)(C)C. The second kappa shape index (κ2) is 7.45. The number of hydrogen-bond acceptors (Lipinski definition) is 4. The lowest BCUT2D eigenvalue weighted by Gasteiger charge is -2.28. The number of rotatable bonds is 6. The third-order valence-corrected chi connectivity index (χ3v) is 3.45. The highest BCUT2D eigenvalue weighted by Crippen LogP contribution is 2.25. The van der Waals surface area contributed by atoms with E-state index in [-0.39, 0.29) is 12.2 Å². The van der Waals surface area contributed by atoms with Gasteiger partial charge < -0.3 is 19.9 Å². The number of carboxylic acids is 1. The van der Waals surface area contributed by atoms with E-state index in [1.165, 1.54) is 0 Å². The Bertz CT molecular complexity index is 388. The average molecular weight is 299 g/mol. The number of amides is 1. The summed E-state index contributed by atoms with van der Waals surface area (Å²) in [6.45, 7) is 9.23. The lowest BCUT2D eigenvalue weighted by Crippen LogP contribution is -2.50. The van der Waals surface area contributed by atoms with Gasteiger partial charge in [0.2, 0.25) is 0 Å². The summed E-state index contributed by atoms with van der Waals surface area (Å²) < 4.78 is 10.9. The first-order chi connectivity index (χ1) is 9.75. The third-order valence-electron chi connectivity index (χ3n) is 3.45. The molecule has 1 rings (SSSR count). The van der Waals surface area contributed by atoms with Gasteiger partial charge in [0.05, 0.1) is 12.7 Å². The van der Waals surface area contributed by atoms with Crippen LogP contribution in [0.2, 0.25) is 0 Å². The van der Waals surface area contributed by atoms with Crippen molar-refractivity contribution in [3.63, 3.8) is 0 Å². The normalized spacial score (nSPS) is 23.4. The maximum atomic E-state index is 11.9. The molecule has 2 N–H and O–H groups in total. The molecule has 0 aromatic rings. The van der Waals surface area contributed by atoms with Gasteiger partial charge in [0.25, 0.3) is 0 Å². The summed E-state index contributed by atoms with van der Waals surface area (Å²) in [6, 6.07) is -1.00. The second-order valence-electron chi connectivity index (χ2n) is 6.32. The topological polar surface area (TPSA) is 84.9 Å². The number of carboxylic acid groups (broad SMARTS) is 1. The summed E-state index contributed by atoms with van der Waals surface area (Å²) in [5.41, 5.74) is -0.598. The highest BCUT2D eigenvalue weighted by molar-refractivity contribution is 5.80. The fourth-order valence-electron chi connectivity index (χ4n) is 2.35. The van der Waals surface area contributed by atoms with E-state index in [4.69, 9.17) is 9.47 Å². The Hall–Kier alpha value is -1.56. The largest absolute Gasteiger partial charge is 0.480 e. The lowest BCUT2D eigenvalue weighted by molar-refractivity contribution is -0.142. The van der Waals surface area contributed by atoms with Crippen LogP contribution >= 0.6 is 0 Å². The zero-order valence-electron chi connectivity index (χ0n) is 12.9. The molecule has 1 aliphatic carbocycles. The van der Waals surface area contributed by atoms with Crippen LogP contribution in [0.1, 0.15) is 40.0 Å². The number of aliphatic carboxylic acids is 1. The molecule has 3 atom stereocenters. The first-order valence-corrected chi connectivity index (χ1v) is 7.18. The van der Waals surface area contributed by atoms with Crippen molar-refractivity contribution < 1.29 is 24.2 Å². The van der Waals surface area contributed by atoms with Crippen molar-refractivity contribution >= 4 is 12.1 Å². The van der Waals surface area contributed by atoms with E-state index in [1.807, 2.05) is 0 Å². The Morgan fingerprint density at radius 1 is 1.38 bits per heavy atom. The maximum Gasteiger partial charge on any atom is 0.408 e. The van der Waals surface area contributed by atoms with Crippen LogP contribution in [0, 0.1) is 5.41 Å². The third kappa shape index (κ3) is 5.38. The van der Waals surface area contributed by atoms with Gasteiger partial charge in [0.1, 0.15) is 12.1 Å². The molecule has 0 unspecified atom stereocenters. The zero-order chi connectivity index (χ0) is 16.0. The van der Waals surface area contributed by atoms with E-state index in [0.717, 1.165) is 19.3 Å². The summed E-state index contributed by atoms with van der Waals surface area (Å²) in [6.07, 6.45) is 2.93. The maximum absolute atomic E-state index is 11.9. The Morgan fingerprint density at radius 3 is 2.52 bits per heavy atom. The molecule has 0 aliphatic heterocycles. The molecule has 0 heterocycles. The van der Waals surface area contributed by atoms with E-state index in [9.17, 15) is 14.7 Å². The van der Waals surface area contributed by atoms with Crippen LogP contribution in [-0.4, -0.2) is 42.0 Å². The molecule has 21 heavy (non-hydrogen) atoms. The van der Waals surface area contributed by atoms with Crippen molar-refractivity contribution in [2.75, 3.05) is 6.61 Å². The van der Waals surface area contributed by atoms with Gasteiger partial charge in [-0.25, -0.2) is 9.59 Å². The van der Waals surface area contributed by atoms with Gasteiger partial charge in [-0.05, 0) is 24.7 Å². The van der Waals surface area contributed by atoms with Crippen molar-refractivity contribution in [3.8, 4) is 0 Å². The van der Waals surface area contributed by atoms with Crippen LogP contribution in [0.5, 0.6) is 0 Å². The molecule has 1 fully saturated rings. The van der Waals surface area contributed by atoms with Crippen LogP contribution in [0.15, 0.2) is 12.7 Å². The molecule has 6 nitrogen and oxygen atoms in total. The fourth-order valence-corrected chi connectivity index (χ4v) is 2.35. The number of alkyl carbamates (subject to hydrolysis) is 1. The molecule has 0 radical (unpaired) electrons. The van der Waals surface area contributed by atoms with E-state index in [2.05, 4.69) is 11.9 Å². The van der Waals surface area contributed by atoms with E-state index >= 15 is 0 Å². The standard InChI is InChI=1S/C15H25NO5/c1-5-9-20-10-7-6-8-11(10)21-14(19)16-12(13(17)18)15(2,3)4/h5,10-12H,1,6-9H2,2-4H3,(H,16,19)(H,17,18)/t10-,11-,12-/m1/s1. The molecule has 0 spiro atoms. The minimum Gasteiger partial charge on any atom is -0.480 e. The molecule has 0 aromatic heterocycles. The van der Waals surface area contributed by atoms with Crippen LogP contribution in [-0.2, 0) is 14.3 Å². The van der Waals surface area contributed by atoms with E-state index in [0.29, 0.717) is 6.61 Å². The Balaban J connectivity index is 2.55. The average Bonchev–Trinajstić information content (AvgIpc) is 2.79. The fraction of sp³-hybridized carbons (Fsp3) is 0.733. The van der Waals surface area contributed by atoms with Crippen molar-refractivity contribution in [2.45, 2.75) is 58.3 Å². The van der Waals surface area contributed by atoms with Gasteiger partial charge in [-0.3, -0.25) is 0 Å². The molecular weight excluding hydrogens is 274 g/mol. The Kier molecular flexibility index (Phi) is 6.20.